The molecule has 0 spiro atoms. The van der Waals surface area contributed by atoms with Crippen LogP contribution in [0.15, 0.2) is 18.5 Å². The molecule has 0 radical (unpaired) electrons. The number of rotatable bonds is 4. The first-order chi connectivity index (χ1) is 9.13. The van der Waals surface area contributed by atoms with E-state index in [1.54, 1.807) is 30.1 Å². The van der Waals surface area contributed by atoms with Crippen molar-refractivity contribution in [3.63, 3.8) is 0 Å². The minimum absolute atomic E-state index is 0.0175. The molecule has 1 aromatic heterocycles. The van der Waals surface area contributed by atoms with Crippen LogP contribution in [0.25, 0.3) is 0 Å². The maximum Gasteiger partial charge on any atom is 0.375 e. The van der Waals surface area contributed by atoms with Crippen LogP contribution < -0.4 is 0 Å². The first-order valence-corrected chi connectivity index (χ1v) is 6.36. The molecular weight excluding hydrogens is 248 g/mol. The van der Waals surface area contributed by atoms with E-state index in [0.717, 1.165) is 0 Å². The monoisotopic (exact) mass is 264 g/mol. The SMILES string of the molecule is CCOC(=O)C(=O)C1CC(n2cccn2)CCC1=O. The Morgan fingerprint density at radius 1 is 1.53 bits per heavy atom. The van der Waals surface area contributed by atoms with Crippen LogP contribution in [0.4, 0.5) is 0 Å². The zero-order valence-electron chi connectivity index (χ0n) is 10.7. The Labute approximate surface area is 110 Å². The molecule has 1 heterocycles. The highest BCUT2D eigenvalue weighted by atomic mass is 16.5. The van der Waals surface area contributed by atoms with E-state index < -0.39 is 17.7 Å². The molecule has 2 atom stereocenters. The lowest BCUT2D eigenvalue weighted by Crippen LogP contribution is -2.37. The Hall–Kier alpha value is -1.98. The number of ether oxygens (including phenoxy) is 1. The molecule has 0 bridgehead atoms. The Bertz CT molecular complexity index is 481. The van der Waals surface area contributed by atoms with E-state index in [4.69, 9.17) is 0 Å². The van der Waals surface area contributed by atoms with E-state index in [-0.39, 0.29) is 18.4 Å². The molecule has 6 heteroatoms. The Balaban J connectivity index is 2.08. The summed E-state index contributed by atoms with van der Waals surface area (Å²) < 4.78 is 6.40. The van der Waals surface area contributed by atoms with Gasteiger partial charge in [0.1, 0.15) is 5.78 Å². The number of hydrogen-bond acceptors (Lipinski definition) is 5. The van der Waals surface area contributed by atoms with E-state index in [2.05, 4.69) is 9.84 Å². The standard InChI is InChI=1S/C13H16N2O4/c1-2-19-13(18)12(17)10-8-9(4-5-11(10)16)15-7-3-6-14-15/h3,6-7,9-10H,2,4-5,8H2,1H3. The predicted octanol–water partition coefficient (Wildman–Crippen LogP) is 0.926. The summed E-state index contributed by atoms with van der Waals surface area (Å²) in [4.78, 5) is 35.1. The van der Waals surface area contributed by atoms with Crippen LogP contribution in [0.3, 0.4) is 0 Å². The molecule has 2 unspecified atom stereocenters. The molecule has 6 nitrogen and oxygen atoms in total. The molecule has 0 saturated heterocycles. The zero-order valence-corrected chi connectivity index (χ0v) is 10.7. The first kappa shape index (κ1) is 13.5. The fourth-order valence-corrected chi connectivity index (χ4v) is 2.34. The molecular formula is C13H16N2O4. The number of hydrogen-bond donors (Lipinski definition) is 0. The molecule has 0 N–H and O–H groups in total. The van der Waals surface area contributed by atoms with Gasteiger partial charge in [0.05, 0.1) is 18.6 Å². The van der Waals surface area contributed by atoms with Crippen molar-refractivity contribution in [3.05, 3.63) is 18.5 Å². The lowest BCUT2D eigenvalue weighted by atomic mass is 9.82. The maximum atomic E-state index is 11.9. The molecule has 19 heavy (non-hydrogen) atoms. The fraction of sp³-hybridized carbons (Fsp3) is 0.538. The van der Waals surface area contributed by atoms with E-state index in [1.807, 2.05) is 0 Å². The summed E-state index contributed by atoms with van der Waals surface area (Å²) in [5.74, 6) is -2.71. The summed E-state index contributed by atoms with van der Waals surface area (Å²) in [7, 11) is 0. The second kappa shape index (κ2) is 5.77. The summed E-state index contributed by atoms with van der Waals surface area (Å²) >= 11 is 0. The van der Waals surface area contributed by atoms with Crippen LogP contribution in [0, 0.1) is 5.92 Å². The zero-order chi connectivity index (χ0) is 13.8. The number of carbonyl (C=O) groups is 3. The maximum absolute atomic E-state index is 11.9. The number of aromatic nitrogens is 2. The van der Waals surface area contributed by atoms with Gasteiger partial charge in [-0.1, -0.05) is 0 Å². The van der Waals surface area contributed by atoms with Crippen molar-refractivity contribution in [3.8, 4) is 0 Å². The van der Waals surface area contributed by atoms with Crippen molar-refractivity contribution in [1.29, 1.82) is 0 Å². The molecule has 0 amide bonds. The van der Waals surface area contributed by atoms with Gasteiger partial charge in [-0.15, -0.1) is 0 Å². The minimum atomic E-state index is -0.915. The van der Waals surface area contributed by atoms with Crippen LogP contribution in [0.2, 0.25) is 0 Å². The summed E-state index contributed by atoms with van der Waals surface area (Å²) in [5.41, 5.74) is 0. The van der Waals surface area contributed by atoms with Gasteiger partial charge in [0.15, 0.2) is 0 Å². The van der Waals surface area contributed by atoms with E-state index in [1.165, 1.54) is 0 Å². The summed E-state index contributed by atoms with van der Waals surface area (Å²) in [6.45, 7) is 1.76. The second-order valence-electron chi connectivity index (χ2n) is 4.52. The Morgan fingerprint density at radius 2 is 2.32 bits per heavy atom. The van der Waals surface area contributed by atoms with Crippen molar-refractivity contribution in [1.82, 2.24) is 9.78 Å². The van der Waals surface area contributed by atoms with Crippen LogP contribution >= 0.6 is 0 Å². The van der Waals surface area contributed by atoms with Gasteiger partial charge in [-0.05, 0) is 25.8 Å². The molecule has 0 aromatic carbocycles. The smallest absolute Gasteiger partial charge is 0.375 e. The topological polar surface area (TPSA) is 78.3 Å². The van der Waals surface area contributed by atoms with Gasteiger partial charge >= 0.3 is 5.97 Å². The fourth-order valence-electron chi connectivity index (χ4n) is 2.34. The molecule has 102 valence electrons. The van der Waals surface area contributed by atoms with E-state index in [9.17, 15) is 14.4 Å². The molecule has 1 aromatic rings. The van der Waals surface area contributed by atoms with Crippen molar-refractivity contribution >= 4 is 17.5 Å². The van der Waals surface area contributed by atoms with Crippen molar-refractivity contribution in [2.45, 2.75) is 32.2 Å². The highest BCUT2D eigenvalue weighted by Gasteiger charge is 2.38. The van der Waals surface area contributed by atoms with Gasteiger partial charge in [-0.25, -0.2) is 4.79 Å². The van der Waals surface area contributed by atoms with E-state index >= 15 is 0 Å². The van der Waals surface area contributed by atoms with Crippen molar-refractivity contribution < 1.29 is 19.1 Å². The molecule has 1 fully saturated rings. The third-order valence-electron chi connectivity index (χ3n) is 3.31. The number of esters is 1. The van der Waals surface area contributed by atoms with Gasteiger partial charge in [0.25, 0.3) is 5.78 Å². The third-order valence-corrected chi connectivity index (χ3v) is 3.31. The van der Waals surface area contributed by atoms with Gasteiger partial charge < -0.3 is 4.74 Å². The number of nitrogens with zero attached hydrogens (tertiary/aromatic N) is 2. The highest BCUT2D eigenvalue weighted by molar-refractivity contribution is 6.38. The molecule has 2 rings (SSSR count). The number of ketones is 2. The largest absolute Gasteiger partial charge is 0.460 e. The van der Waals surface area contributed by atoms with Gasteiger partial charge in [0, 0.05) is 18.8 Å². The summed E-state index contributed by atoms with van der Waals surface area (Å²) in [6, 6.07) is 1.77. The first-order valence-electron chi connectivity index (χ1n) is 6.36. The Morgan fingerprint density at radius 3 is 2.95 bits per heavy atom. The summed E-state index contributed by atoms with van der Waals surface area (Å²) in [5, 5.41) is 4.12. The van der Waals surface area contributed by atoms with E-state index in [0.29, 0.717) is 19.3 Å². The third kappa shape index (κ3) is 2.89. The second-order valence-corrected chi connectivity index (χ2v) is 4.52. The molecule has 1 aliphatic carbocycles. The summed E-state index contributed by atoms with van der Waals surface area (Å²) in [6.07, 6.45) is 4.70. The number of Topliss-reactive ketones (excluding diaryl/α,β-unsaturated/α-hetero) is 2. The lowest BCUT2D eigenvalue weighted by molar-refractivity contribution is -0.157. The average molecular weight is 264 g/mol. The lowest BCUT2D eigenvalue weighted by Gasteiger charge is -2.26. The van der Waals surface area contributed by atoms with Crippen LogP contribution in [0.1, 0.15) is 32.2 Å². The number of carbonyl (C=O) groups excluding carboxylic acids is 3. The quantitative estimate of drug-likeness (QED) is 0.459. The Kier molecular flexibility index (Phi) is 4.09. The molecule has 1 saturated carbocycles. The van der Waals surface area contributed by atoms with Crippen LogP contribution in [0.5, 0.6) is 0 Å². The molecule has 1 aliphatic rings. The normalized spacial score (nSPS) is 23.1. The van der Waals surface area contributed by atoms with Gasteiger partial charge in [-0.3, -0.25) is 14.3 Å². The predicted molar refractivity (Wildman–Crippen MR) is 65.3 cm³/mol. The minimum Gasteiger partial charge on any atom is -0.460 e. The van der Waals surface area contributed by atoms with Crippen molar-refractivity contribution in [2.24, 2.45) is 5.92 Å². The average Bonchev–Trinajstić information content (AvgIpc) is 2.93. The van der Waals surface area contributed by atoms with Crippen LogP contribution in [-0.4, -0.2) is 33.9 Å². The van der Waals surface area contributed by atoms with Crippen LogP contribution in [-0.2, 0) is 19.1 Å². The van der Waals surface area contributed by atoms with Crippen molar-refractivity contribution in [2.75, 3.05) is 6.61 Å². The molecule has 0 aliphatic heterocycles. The van der Waals surface area contributed by atoms with Gasteiger partial charge in [0.2, 0.25) is 0 Å². The highest BCUT2D eigenvalue weighted by Crippen LogP contribution is 2.30. The van der Waals surface area contributed by atoms with Gasteiger partial charge in [-0.2, -0.15) is 5.10 Å².